The smallest absolute Gasteiger partial charge is 0.251 e. The number of carbonyl (C=O) groups excluding carboxylic acids is 1. The summed E-state index contributed by atoms with van der Waals surface area (Å²) >= 11 is 6.46. The molecule has 162 valence electrons. The van der Waals surface area contributed by atoms with Crippen LogP contribution in [-0.2, 0) is 0 Å². The summed E-state index contributed by atoms with van der Waals surface area (Å²) in [5, 5.41) is 8.21. The molecule has 1 aliphatic carbocycles. The van der Waals surface area contributed by atoms with Crippen LogP contribution in [0.25, 0.3) is 22.2 Å². The Kier molecular flexibility index (Phi) is 5.77. The highest BCUT2D eigenvalue weighted by molar-refractivity contribution is 6.33. The van der Waals surface area contributed by atoms with E-state index in [-0.39, 0.29) is 18.0 Å². The van der Waals surface area contributed by atoms with Gasteiger partial charge in [-0.2, -0.15) is 0 Å². The first-order chi connectivity index (χ1) is 15.7. The molecular formula is C25H24ClN5O. The molecule has 6 nitrogen and oxygen atoms in total. The number of halogens is 1. The molecule has 1 aliphatic rings. The minimum absolute atomic E-state index is 0.0272. The maximum Gasteiger partial charge on any atom is 0.251 e. The van der Waals surface area contributed by atoms with Crippen LogP contribution >= 0.6 is 11.6 Å². The van der Waals surface area contributed by atoms with Gasteiger partial charge in [-0.05, 0) is 43.9 Å². The fourth-order valence-corrected chi connectivity index (χ4v) is 4.58. The van der Waals surface area contributed by atoms with Crippen molar-refractivity contribution in [1.82, 2.24) is 20.3 Å². The number of para-hydroxylation sites is 1. The third-order valence-electron chi connectivity index (χ3n) is 5.97. The highest BCUT2D eigenvalue weighted by atomic mass is 35.5. The normalized spacial score (nSPS) is 18.4. The topological polar surface area (TPSA) is 82.7 Å². The summed E-state index contributed by atoms with van der Waals surface area (Å²) in [5.41, 5.74) is 3.38. The van der Waals surface area contributed by atoms with Crippen LogP contribution in [0, 0.1) is 0 Å². The van der Waals surface area contributed by atoms with Crippen molar-refractivity contribution in [2.24, 2.45) is 0 Å². The van der Waals surface area contributed by atoms with Crippen molar-refractivity contribution >= 4 is 34.4 Å². The third kappa shape index (κ3) is 4.32. The molecule has 2 heterocycles. The van der Waals surface area contributed by atoms with Gasteiger partial charge in [0.15, 0.2) is 0 Å². The predicted octanol–water partition coefficient (Wildman–Crippen LogP) is 5.43. The number of fused-ring (bicyclic) bond motifs is 1. The number of benzene rings is 2. The van der Waals surface area contributed by atoms with E-state index >= 15 is 0 Å². The van der Waals surface area contributed by atoms with E-state index in [1.165, 1.54) is 0 Å². The van der Waals surface area contributed by atoms with Crippen LogP contribution < -0.4 is 10.6 Å². The molecule has 2 aromatic heterocycles. The molecule has 3 N–H and O–H groups in total. The second kappa shape index (κ2) is 9.01. The van der Waals surface area contributed by atoms with Gasteiger partial charge in [0.2, 0.25) is 5.95 Å². The molecule has 1 saturated carbocycles. The molecule has 0 bridgehead atoms. The lowest BCUT2D eigenvalue weighted by atomic mass is 9.91. The summed E-state index contributed by atoms with van der Waals surface area (Å²) in [4.78, 5) is 24.9. The summed E-state index contributed by atoms with van der Waals surface area (Å²) in [6, 6.07) is 17.7. The first-order valence-corrected chi connectivity index (χ1v) is 11.3. The fraction of sp³-hybridized carbons (Fsp3) is 0.240. The molecule has 32 heavy (non-hydrogen) atoms. The minimum Gasteiger partial charge on any atom is -0.360 e. The Hall–Kier alpha value is -3.38. The van der Waals surface area contributed by atoms with Gasteiger partial charge < -0.3 is 15.6 Å². The number of nitrogens with zero attached hydrogens (tertiary/aromatic N) is 2. The van der Waals surface area contributed by atoms with E-state index in [2.05, 4.69) is 20.6 Å². The maximum absolute atomic E-state index is 12.5. The number of hydrogen-bond acceptors (Lipinski definition) is 4. The van der Waals surface area contributed by atoms with Gasteiger partial charge in [0.05, 0.1) is 16.9 Å². The van der Waals surface area contributed by atoms with Crippen molar-refractivity contribution in [2.75, 3.05) is 5.32 Å². The molecule has 5 rings (SSSR count). The van der Waals surface area contributed by atoms with Crippen LogP contribution in [0.15, 0.2) is 67.0 Å². The second-order valence-corrected chi connectivity index (χ2v) is 8.59. The standard InChI is InChI=1S/C25H24ClN5O/c26-21-15-28-25(31-23(21)20-14-27-22-12-5-4-11-19(20)22)30-18-10-6-9-17(13-18)29-24(32)16-7-2-1-3-8-16/h1-5,7-8,11-12,14-15,17-18,27H,6,9-10,13H2,(H,29,32)(H,28,30,31). The average molecular weight is 446 g/mol. The van der Waals surface area contributed by atoms with E-state index in [0.29, 0.717) is 22.2 Å². The molecule has 0 radical (unpaired) electrons. The molecule has 2 atom stereocenters. The zero-order valence-electron chi connectivity index (χ0n) is 17.5. The van der Waals surface area contributed by atoms with Gasteiger partial charge in [-0.25, -0.2) is 9.97 Å². The number of amides is 1. The second-order valence-electron chi connectivity index (χ2n) is 8.18. The van der Waals surface area contributed by atoms with Gasteiger partial charge in [-0.15, -0.1) is 0 Å². The largest absolute Gasteiger partial charge is 0.360 e. The Morgan fingerprint density at radius 2 is 1.81 bits per heavy atom. The fourth-order valence-electron chi connectivity index (χ4n) is 4.39. The minimum atomic E-state index is -0.0272. The number of anilines is 1. The molecule has 1 amide bonds. The van der Waals surface area contributed by atoms with E-state index in [1.54, 1.807) is 6.20 Å². The Morgan fingerprint density at radius 1 is 1.03 bits per heavy atom. The summed E-state index contributed by atoms with van der Waals surface area (Å²) < 4.78 is 0. The van der Waals surface area contributed by atoms with Crippen molar-refractivity contribution < 1.29 is 4.79 Å². The SMILES string of the molecule is O=C(NC1CCCC(Nc2ncc(Cl)c(-c3c[nH]c4ccccc34)n2)C1)c1ccccc1. The maximum atomic E-state index is 12.5. The predicted molar refractivity (Wildman–Crippen MR) is 128 cm³/mol. The average Bonchev–Trinajstić information content (AvgIpc) is 3.25. The molecule has 4 aromatic rings. The van der Waals surface area contributed by atoms with Crippen LogP contribution in [-0.4, -0.2) is 32.9 Å². The van der Waals surface area contributed by atoms with Crippen molar-refractivity contribution in [2.45, 2.75) is 37.8 Å². The van der Waals surface area contributed by atoms with Gasteiger partial charge in [0, 0.05) is 40.3 Å². The van der Waals surface area contributed by atoms with Gasteiger partial charge >= 0.3 is 0 Å². The van der Waals surface area contributed by atoms with Crippen LogP contribution in [0.3, 0.4) is 0 Å². The quantitative estimate of drug-likeness (QED) is 0.382. The molecular weight excluding hydrogens is 422 g/mol. The van der Waals surface area contributed by atoms with Crippen LogP contribution in [0.1, 0.15) is 36.0 Å². The summed E-state index contributed by atoms with van der Waals surface area (Å²) in [6.45, 7) is 0. The lowest BCUT2D eigenvalue weighted by molar-refractivity contribution is 0.0926. The van der Waals surface area contributed by atoms with Crippen molar-refractivity contribution in [3.8, 4) is 11.3 Å². The highest BCUT2D eigenvalue weighted by Gasteiger charge is 2.24. The zero-order valence-corrected chi connectivity index (χ0v) is 18.3. The molecule has 2 unspecified atom stereocenters. The molecule has 0 saturated heterocycles. The van der Waals surface area contributed by atoms with Gasteiger partial charge in [0.25, 0.3) is 5.91 Å². The van der Waals surface area contributed by atoms with E-state index in [4.69, 9.17) is 16.6 Å². The monoisotopic (exact) mass is 445 g/mol. The number of carbonyl (C=O) groups is 1. The number of hydrogen-bond donors (Lipinski definition) is 3. The van der Waals surface area contributed by atoms with Crippen molar-refractivity contribution in [1.29, 1.82) is 0 Å². The molecule has 0 aliphatic heterocycles. The van der Waals surface area contributed by atoms with Crippen LogP contribution in [0.4, 0.5) is 5.95 Å². The number of nitrogens with one attached hydrogen (secondary N) is 3. The zero-order chi connectivity index (χ0) is 21.9. The van der Waals surface area contributed by atoms with Crippen LogP contribution in [0.5, 0.6) is 0 Å². The molecule has 7 heteroatoms. The Labute approximate surface area is 191 Å². The van der Waals surface area contributed by atoms with Gasteiger partial charge in [-0.1, -0.05) is 48.0 Å². The first-order valence-electron chi connectivity index (χ1n) is 10.9. The Bertz CT molecular complexity index is 1240. The molecule has 1 fully saturated rings. The first kappa shape index (κ1) is 20.5. The highest BCUT2D eigenvalue weighted by Crippen LogP contribution is 2.32. The summed E-state index contributed by atoms with van der Waals surface area (Å²) in [7, 11) is 0. The van der Waals surface area contributed by atoms with Crippen molar-refractivity contribution in [3.05, 3.63) is 77.6 Å². The van der Waals surface area contributed by atoms with Gasteiger partial charge in [0.1, 0.15) is 0 Å². The number of rotatable bonds is 5. The summed E-state index contributed by atoms with van der Waals surface area (Å²) in [6.07, 6.45) is 7.40. The Morgan fingerprint density at radius 3 is 2.69 bits per heavy atom. The third-order valence-corrected chi connectivity index (χ3v) is 6.24. The number of aromatic nitrogens is 3. The summed E-state index contributed by atoms with van der Waals surface area (Å²) in [5.74, 6) is 0.523. The number of H-pyrrole nitrogens is 1. The Balaban J connectivity index is 1.30. The van der Waals surface area contributed by atoms with Crippen LogP contribution in [0.2, 0.25) is 5.02 Å². The number of aromatic amines is 1. The van der Waals surface area contributed by atoms with E-state index < -0.39 is 0 Å². The lowest BCUT2D eigenvalue weighted by Gasteiger charge is -2.30. The molecule has 2 aromatic carbocycles. The van der Waals surface area contributed by atoms with E-state index in [0.717, 1.165) is 42.1 Å². The lowest BCUT2D eigenvalue weighted by Crippen LogP contribution is -2.42. The molecule has 0 spiro atoms. The van der Waals surface area contributed by atoms with Gasteiger partial charge in [-0.3, -0.25) is 4.79 Å². The van der Waals surface area contributed by atoms with Crippen molar-refractivity contribution in [3.63, 3.8) is 0 Å². The van der Waals surface area contributed by atoms with E-state index in [9.17, 15) is 4.79 Å². The van der Waals surface area contributed by atoms with E-state index in [1.807, 2.05) is 60.8 Å².